The first-order valence-electron chi connectivity index (χ1n) is 18.1. The molecule has 0 bridgehead atoms. The number of hydrogen-bond acceptors (Lipinski definition) is 6. The number of aromatic nitrogens is 2. The average molecular weight is 928 g/mol. The molecule has 2 N–H and O–H groups in total. The maximum Gasteiger partial charge on any atom is 0.164 e. The second kappa shape index (κ2) is 19.1. The van der Waals surface area contributed by atoms with E-state index in [2.05, 4.69) is 60.2 Å². The number of aliphatic hydroxyl groups is 2. The quantitative estimate of drug-likeness (QED) is 0.0915. The Morgan fingerprint density at radius 2 is 0.909 bits per heavy atom. The van der Waals surface area contributed by atoms with Gasteiger partial charge in [0.15, 0.2) is 11.6 Å². The summed E-state index contributed by atoms with van der Waals surface area (Å²) in [6.45, 7) is 26.8. The molecule has 4 aromatic rings. The van der Waals surface area contributed by atoms with Gasteiger partial charge < -0.3 is 20.2 Å². The number of carbonyl (C=O) groups is 2. The van der Waals surface area contributed by atoms with Crippen molar-refractivity contribution in [2.75, 3.05) is 0 Å². The van der Waals surface area contributed by atoms with E-state index in [1.54, 1.807) is 0 Å². The van der Waals surface area contributed by atoms with E-state index in [9.17, 15) is 19.8 Å². The molecule has 0 spiro atoms. The summed E-state index contributed by atoms with van der Waals surface area (Å²) in [5, 5.41) is 19.1. The van der Waals surface area contributed by atoms with Crippen molar-refractivity contribution in [3.05, 3.63) is 120 Å². The Balaban J connectivity index is 0.000000462. The third-order valence-corrected chi connectivity index (χ3v) is 8.97. The fraction of sp³-hybridized carbons (Fsp3) is 0.404. The summed E-state index contributed by atoms with van der Waals surface area (Å²) in [5.41, 5.74) is 7.43. The zero-order valence-corrected chi connectivity index (χ0v) is 37.9. The molecule has 1 aliphatic rings. The van der Waals surface area contributed by atoms with Gasteiger partial charge in [-0.05, 0) is 28.9 Å². The third kappa shape index (κ3) is 13.3. The number of rotatable bonds is 4. The Morgan fingerprint density at radius 3 is 1.16 bits per heavy atom. The number of aliphatic hydroxyl groups excluding tert-OH is 2. The second-order valence-corrected chi connectivity index (χ2v) is 18.2. The first kappa shape index (κ1) is 49.5. The molecule has 2 aromatic heterocycles. The minimum atomic E-state index is -0.417. The van der Waals surface area contributed by atoms with Crippen molar-refractivity contribution in [2.24, 2.45) is 21.7 Å². The molecule has 0 radical (unpaired) electrons. The maximum atomic E-state index is 11.5. The van der Waals surface area contributed by atoms with Crippen LogP contribution in [0.1, 0.15) is 108 Å². The van der Waals surface area contributed by atoms with Crippen molar-refractivity contribution in [1.29, 1.82) is 0 Å². The van der Waals surface area contributed by atoms with Crippen molar-refractivity contribution in [1.82, 2.24) is 9.97 Å². The molecule has 0 fully saturated rings. The van der Waals surface area contributed by atoms with Crippen LogP contribution in [0.15, 0.2) is 96.7 Å². The number of ketones is 2. The summed E-state index contributed by atoms with van der Waals surface area (Å²) >= 11 is 0. The third-order valence-electron chi connectivity index (χ3n) is 8.97. The molecule has 0 saturated carbocycles. The van der Waals surface area contributed by atoms with Gasteiger partial charge in [-0.25, -0.2) is 0 Å². The first-order chi connectivity index (χ1) is 24.2. The molecule has 0 amide bonds. The van der Waals surface area contributed by atoms with E-state index >= 15 is 0 Å². The van der Waals surface area contributed by atoms with Crippen LogP contribution in [0.4, 0.5) is 0 Å². The van der Waals surface area contributed by atoms with Crippen LogP contribution in [-0.2, 0) is 55.8 Å². The predicted octanol–water partition coefficient (Wildman–Crippen LogP) is 11.9. The van der Waals surface area contributed by atoms with Gasteiger partial charge in [-0.1, -0.05) is 121 Å². The zero-order valence-electron chi connectivity index (χ0n) is 34.8. The molecule has 0 unspecified atom stereocenters. The molecule has 55 heavy (non-hydrogen) atoms. The zero-order chi connectivity index (χ0) is 40.2. The largest absolute Gasteiger partial charge is 0.512 e. The van der Waals surface area contributed by atoms with Gasteiger partial charge >= 0.3 is 0 Å². The molecule has 1 aliphatic carbocycles. The van der Waals surface area contributed by atoms with Crippen LogP contribution < -0.4 is 0 Å². The van der Waals surface area contributed by atoms with Crippen LogP contribution in [0, 0.1) is 33.8 Å². The molecule has 2 heterocycles. The molecule has 302 valence electrons. The van der Waals surface area contributed by atoms with Crippen molar-refractivity contribution in [2.45, 2.75) is 102 Å². The number of allylic oxidation sites excluding steroid dienone is 4. The SMILES string of the molecule is CC(C)(C)C(=O)/C=C(\O)C(C)(C)C.CC(C)(C)C(=O)/C=C(\O)C(C)(C)C.CC1(C)c2cc(-c3ccccn3)[c-]cc2-c2c[c-]c(-c3ccccn3)cc21.[Pd].[Pd]. The smallest absolute Gasteiger partial charge is 0.164 e. The number of fused-ring (bicyclic) bond motifs is 3. The molecular formula is C47H58N2O4Pd2-2. The van der Waals surface area contributed by atoms with Gasteiger partial charge in [0.2, 0.25) is 0 Å². The van der Waals surface area contributed by atoms with Crippen LogP contribution in [0.3, 0.4) is 0 Å². The number of hydrogen-bond donors (Lipinski definition) is 2. The van der Waals surface area contributed by atoms with Crippen molar-refractivity contribution in [3.8, 4) is 33.6 Å². The van der Waals surface area contributed by atoms with Gasteiger partial charge in [0.25, 0.3) is 0 Å². The average Bonchev–Trinajstić information content (AvgIpc) is 3.29. The van der Waals surface area contributed by atoms with Gasteiger partial charge in [-0.3, -0.25) is 9.59 Å². The number of carbonyl (C=O) groups excluding carboxylic acids is 2. The van der Waals surface area contributed by atoms with Crippen LogP contribution in [-0.4, -0.2) is 31.7 Å². The second-order valence-electron chi connectivity index (χ2n) is 18.2. The number of pyridine rings is 2. The van der Waals surface area contributed by atoms with E-state index in [-0.39, 0.29) is 80.2 Å². The Kier molecular flexibility index (Phi) is 17.2. The summed E-state index contributed by atoms with van der Waals surface area (Å²) in [6.07, 6.45) is 6.31. The normalized spacial score (nSPS) is 13.6. The van der Waals surface area contributed by atoms with Crippen LogP contribution >= 0.6 is 0 Å². The van der Waals surface area contributed by atoms with E-state index in [0.29, 0.717) is 0 Å². The minimum absolute atomic E-state index is 0. The van der Waals surface area contributed by atoms with Gasteiger partial charge in [-0.2, -0.15) is 0 Å². The number of nitrogens with zero attached hydrogens (tertiary/aromatic N) is 2. The van der Waals surface area contributed by atoms with Crippen LogP contribution in [0.25, 0.3) is 33.6 Å². The molecular weight excluding hydrogens is 869 g/mol. The van der Waals surface area contributed by atoms with Gasteiger partial charge in [0.1, 0.15) is 11.5 Å². The molecule has 5 rings (SSSR count). The Bertz CT molecular complexity index is 1830. The first-order valence-corrected chi connectivity index (χ1v) is 18.1. The number of benzene rings is 2. The summed E-state index contributed by atoms with van der Waals surface area (Å²) in [7, 11) is 0. The predicted molar refractivity (Wildman–Crippen MR) is 217 cm³/mol. The fourth-order valence-corrected chi connectivity index (χ4v) is 5.06. The van der Waals surface area contributed by atoms with Crippen LogP contribution in [0.5, 0.6) is 0 Å². The Hall–Kier alpha value is -3.52. The van der Waals surface area contributed by atoms with E-state index in [1.165, 1.54) is 34.4 Å². The monoisotopic (exact) mass is 926 g/mol. The molecule has 0 atom stereocenters. The van der Waals surface area contributed by atoms with Gasteiger partial charge in [-0.15, -0.1) is 69.8 Å². The summed E-state index contributed by atoms with van der Waals surface area (Å²) in [6, 6.07) is 27.5. The molecule has 0 saturated heterocycles. The van der Waals surface area contributed by atoms with E-state index in [1.807, 2.05) is 132 Å². The van der Waals surface area contributed by atoms with E-state index in [4.69, 9.17) is 0 Å². The summed E-state index contributed by atoms with van der Waals surface area (Å²) in [4.78, 5) is 31.9. The Labute approximate surface area is 357 Å². The van der Waals surface area contributed by atoms with Gasteiger partial charge in [0, 0.05) is 87.1 Å². The standard InChI is InChI=1S/C25H18N2.2C11H20O2.2Pd/c1-25(2)21-15-17(23-7-3-5-13-26-23)9-11-19(21)20-12-10-18(16-22(20)25)24-8-4-6-14-27-24;2*1-10(2,3)8(12)7-9(13)11(4,5)6;;/h3-8,11-16H,1-2H3;2*7,12H,1-6H3;;/q-2;;;;/b;2*8-7-;;. The molecule has 0 aliphatic heterocycles. The molecule has 2 aromatic carbocycles. The molecule has 6 nitrogen and oxygen atoms in total. The minimum Gasteiger partial charge on any atom is -0.512 e. The fourth-order valence-electron chi connectivity index (χ4n) is 5.06. The summed E-state index contributed by atoms with van der Waals surface area (Å²) < 4.78 is 0. The molecule has 8 heteroatoms. The van der Waals surface area contributed by atoms with Crippen molar-refractivity contribution in [3.63, 3.8) is 0 Å². The topological polar surface area (TPSA) is 100 Å². The van der Waals surface area contributed by atoms with Crippen LogP contribution in [0.2, 0.25) is 0 Å². The van der Waals surface area contributed by atoms with Gasteiger partial charge in [0.05, 0.1) is 0 Å². The van der Waals surface area contributed by atoms with E-state index < -0.39 is 10.8 Å². The Morgan fingerprint density at radius 1 is 0.582 bits per heavy atom. The van der Waals surface area contributed by atoms with Crippen molar-refractivity contribution < 1.29 is 60.6 Å². The maximum absolute atomic E-state index is 11.5. The summed E-state index contributed by atoms with van der Waals surface area (Å²) in [5.74, 6) is 0.208. The van der Waals surface area contributed by atoms with Crippen molar-refractivity contribution >= 4 is 11.6 Å². The van der Waals surface area contributed by atoms with E-state index in [0.717, 1.165) is 22.5 Å².